The molecule has 0 rings (SSSR count). The van der Waals surface area contributed by atoms with Crippen LogP contribution in [0.25, 0.3) is 0 Å². The van der Waals surface area contributed by atoms with Crippen molar-refractivity contribution in [2.45, 2.75) is 105 Å². The molecule has 0 aliphatic rings. The largest absolute Gasteiger partial charge is 0.550 e. The lowest BCUT2D eigenvalue weighted by atomic mass is 9.99. The van der Waals surface area contributed by atoms with Gasteiger partial charge in [0, 0.05) is 5.97 Å². The molecule has 0 aliphatic carbocycles. The summed E-state index contributed by atoms with van der Waals surface area (Å²) in [6.45, 7) is 15.0. The maximum atomic E-state index is 10.4. The molecule has 0 aromatic rings. The molecule has 0 saturated heterocycles. The van der Waals surface area contributed by atoms with E-state index in [2.05, 4.69) is 34.7 Å². The van der Waals surface area contributed by atoms with Crippen LogP contribution in [0.4, 0.5) is 0 Å². The molecule has 0 amide bonds. The molecule has 3 heteroatoms. The van der Waals surface area contributed by atoms with E-state index in [0.717, 1.165) is 25.7 Å². The zero-order valence-corrected chi connectivity index (χ0v) is 18.2. The number of carboxylic acids is 1. The predicted octanol–water partition coefficient (Wildman–Crippen LogP) is 5.18. The maximum Gasteiger partial charge on any atom is 0.0784 e. The van der Waals surface area contributed by atoms with E-state index in [1.165, 1.54) is 62.6 Å². The van der Waals surface area contributed by atoms with Crippen LogP contribution in [0.5, 0.6) is 0 Å². The summed E-state index contributed by atoms with van der Waals surface area (Å²) in [6.07, 6.45) is 13.0. The Kier molecular flexibility index (Phi) is 19.4. The molecule has 0 radical (unpaired) electrons. The highest BCUT2D eigenvalue weighted by Crippen LogP contribution is 2.12. The Morgan fingerprint density at radius 2 is 1.16 bits per heavy atom. The van der Waals surface area contributed by atoms with Crippen molar-refractivity contribution in [1.82, 2.24) is 0 Å². The maximum absolute atomic E-state index is 10.4. The van der Waals surface area contributed by atoms with Crippen LogP contribution in [-0.2, 0) is 4.79 Å². The predicted molar refractivity (Wildman–Crippen MR) is 108 cm³/mol. The van der Waals surface area contributed by atoms with Crippen LogP contribution in [0.2, 0.25) is 0 Å². The minimum Gasteiger partial charge on any atom is -0.550 e. The van der Waals surface area contributed by atoms with E-state index >= 15 is 0 Å². The molecule has 25 heavy (non-hydrogen) atoms. The summed E-state index contributed by atoms with van der Waals surface area (Å²) >= 11 is 0. The van der Waals surface area contributed by atoms with Crippen molar-refractivity contribution in [3.63, 3.8) is 0 Å². The molecule has 0 heterocycles. The Morgan fingerprint density at radius 3 is 1.44 bits per heavy atom. The van der Waals surface area contributed by atoms with Gasteiger partial charge in [-0.2, -0.15) is 0 Å². The van der Waals surface area contributed by atoms with Crippen LogP contribution in [0, 0.1) is 5.92 Å². The molecular weight excluding hydrogens is 310 g/mol. The van der Waals surface area contributed by atoms with Crippen LogP contribution >= 0.6 is 0 Å². The second kappa shape index (κ2) is 18.2. The van der Waals surface area contributed by atoms with Crippen molar-refractivity contribution in [1.29, 1.82) is 0 Å². The fourth-order valence-electron chi connectivity index (χ4n) is 3.08. The molecular formula is C22H47NO2. The number of carbonyl (C=O) groups is 1. The monoisotopic (exact) mass is 357 g/mol. The van der Waals surface area contributed by atoms with E-state index in [9.17, 15) is 9.90 Å². The van der Waals surface area contributed by atoms with Gasteiger partial charge >= 0.3 is 0 Å². The van der Waals surface area contributed by atoms with Gasteiger partial charge < -0.3 is 14.4 Å². The number of aliphatic carboxylic acids is 1. The van der Waals surface area contributed by atoms with Gasteiger partial charge in [-0.05, 0) is 38.0 Å². The fraction of sp³-hybridized carbons (Fsp3) is 0.955. The van der Waals surface area contributed by atoms with Crippen LogP contribution < -0.4 is 5.11 Å². The summed E-state index contributed by atoms with van der Waals surface area (Å²) in [5.74, 6) is -1.11. The normalized spacial score (nSPS) is 12.4. The Labute approximate surface area is 158 Å². The Hall–Kier alpha value is -0.570. The van der Waals surface area contributed by atoms with Crippen molar-refractivity contribution in [3.8, 4) is 0 Å². The van der Waals surface area contributed by atoms with E-state index in [-0.39, 0.29) is 5.92 Å². The standard InChI is InChI=1S/C13H30N.C9H18O2/c1-5-8-11-14(4,12-9-6-2)13-10-7-3;1-3-5-6-7-8(4-2)9(10)11/h5-13H2,1-4H3;8H,3-7H2,1-2H3,(H,10,11)/q+1;/p-1. The summed E-state index contributed by atoms with van der Waals surface area (Å²) in [6, 6.07) is 0. The van der Waals surface area contributed by atoms with Crippen LogP contribution in [0.15, 0.2) is 0 Å². The minimum atomic E-state index is -0.886. The van der Waals surface area contributed by atoms with Gasteiger partial charge in [-0.25, -0.2) is 0 Å². The first kappa shape index (κ1) is 26.7. The number of carboxylic acid groups (broad SMARTS) is 1. The van der Waals surface area contributed by atoms with Crippen LogP contribution in [-0.4, -0.2) is 37.1 Å². The van der Waals surface area contributed by atoms with E-state index < -0.39 is 5.97 Å². The highest BCUT2D eigenvalue weighted by Gasteiger charge is 2.18. The van der Waals surface area contributed by atoms with E-state index in [1.807, 2.05) is 6.92 Å². The number of nitrogens with zero attached hydrogens (tertiary/aromatic N) is 1. The summed E-state index contributed by atoms with van der Waals surface area (Å²) in [7, 11) is 2.45. The van der Waals surface area contributed by atoms with Crippen LogP contribution in [0.3, 0.4) is 0 Å². The molecule has 0 N–H and O–H groups in total. The van der Waals surface area contributed by atoms with Gasteiger partial charge in [0.2, 0.25) is 0 Å². The highest BCUT2D eigenvalue weighted by atomic mass is 16.4. The summed E-state index contributed by atoms with van der Waals surface area (Å²) in [5, 5.41) is 10.4. The lowest BCUT2D eigenvalue weighted by Crippen LogP contribution is -2.46. The average molecular weight is 358 g/mol. The molecule has 0 saturated carbocycles. The van der Waals surface area contributed by atoms with Crippen molar-refractivity contribution in [3.05, 3.63) is 0 Å². The number of unbranched alkanes of at least 4 members (excludes halogenated alkanes) is 5. The highest BCUT2D eigenvalue weighted by molar-refractivity contribution is 5.67. The molecule has 0 bridgehead atoms. The average Bonchev–Trinajstić information content (AvgIpc) is 2.60. The molecule has 3 nitrogen and oxygen atoms in total. The third-order valence-corrected chi connectivity index (χ3v) is 5.14. The van der Waals surface area contributed by atoms with Gasteiger partial charge in [-0.1, -0.05) is 73.1 Å². The quantitative estimate of drug-likeness (QED) is 0.299. The lowest BCUT2D eigenvalue weighted by molar-refractivity contribution is -0.910. The van der Waals surface area contributed by atoms with Gasteiger partial charge in [0.1, 0.15) is 0 Å². The Bertz CT molecular complexity index is 270. The molecule has 1 unspecified atom stereocenters. The molecule has 0 aromatic heterocycles. The Morgan fingerprint density at radius 1 is 0.760 bits per heavy atom. The van der Waals surface area contributed by atoms with Crippen LogP contribution in [0.1, 0.15) is 105 Å². The van der Waals surface area contributed by atoms with E-state index in [1.54, 1.807) is 0 Å². The Balaban J connectivity index is 0. The van der Waals surface area contributed by atoms with E-state index in [0.29, 0.717) is 6.42 Å². The second-order valence-electron chi connectivity index (χ2n) is 7.77. The first-order valence-electron chi connectivity index (χ1n) is 10.9. The summed E-state index contributed by atoms with van der Waals surface area (Å²) in [4.78, 5) is 10.4. The molecule has 0 spiro atoms. The molecule has 152 valence electrons. The van der Waals surface area contributed by atoms with Gasteiger partial charge in [0.05, 0.1) is 26.7 Å². The topological polar surface area (TPSA) is 40.1 Å². The number of carbonyl (C=O) groups excluding carboxylic acids is 1. The lowest BCUT2D eigenvalue weighted by Gasteiger charge is -2.34. The summed E-state index contributed by atoms with van der Waals surface area (Å²) < 4.78 is 1.32. The first-order chi connectivity index (χ1) is 11.9. The number of rotatable bonds is 15. The van der Waals surface area contributed by atoms with Crippen molar-refractivity contribution in [2.24, 2.45) is 5.92 Å². The molecule has 0 fully saturated rings. The zero-order valence-electron chi connectivity index (χ0n) is 18.2. The van der Waals surface area contributed by atoms with Crippen molar-refractivity contribution < 1.29 is 14.4 Å². The number of hydrogen-bond acceptors (Lipinski definition) is 2. The second-order valence-corrected chi connectivity index (χ2v) is 7.77. The SMILES string of the molecule is CCCCCC(CC)C(=O)[O-].CCCC[N+](C)(CCCC)CCCC. The third-order valence-electron chi connectivity index (χ3n) is 5.14. The zero-order chi connectivity index (χ0) is 19.6. The molecule has 0 aromatic carbocycles. The number of hydrogen-bond donors (Lipinski definition) is 0. The van der Waals surface area contributed by atoms with Gasteiger partial charge in [-0.15, -0.1) is 0 Å². The van der Waals surface area contributed by atoms with Gasteiger partial charge in [-0.3, -0.25) is 0 Å². The first-order valence-corrected chi connectivity index (χ1v) is 10.9. The smallest absolute Gasteiger partial charge is 0.0784 e. The number of quaternary nitrogens is 1. The van der Waals surface area contributed by atoms with E-state index in [4.69, 9.17) is 0 Å². The molecule has 1 atom stereocenters. The van der Waals surface area contributed by atoms with Crippen molar-refractivity contribution in [2.75, 3.05) is 26.7 Å². The van der Waals surface area contributed by atoms with Gasteiger partial charge in [0.25, 0.3) is 0 Å². The minimum absolute atomic E-state index is 0.221. The summed E-state index contributed by atoms with van der Waals surface area (Å²) in [5.41, 5.74) is 0. The fourth-order valence-corrected chi connectivity index (χ4v) is 3.08. The van der Waals surface area contributed by atoms with Crippen molar-refractivity contribution >= 4 is 5.97 Å². The molecule has 0 aliphatic heterocycles. The van der Waals surface area contributed by atoms with Gasteiger partial charge in [0.15, 0.2) is 0 Å². The third kappa shape index (κ3) is 16.6.